The van der Waals surface area contributed by atoms with Gasteiger partial charge in [-0.3, -0.25) is 4.79 Å². The highest BCUT2D eigenvalue weighted by Crippen LogP contribution is 2.28. The Hall–Kier alpha value is -2.51. The number of halogens is 3. The number of carbonyl (C=O) groups excluding carboxylic acids is 2. The van der Waals surface area contributed by atoms with E-state index in [1.807, 2.05) is 0 Å². The average Bonchev–Trinajstić information content (AvgIpc) is 2.37. The van der Waals surface area contributed by atoms with Gasteiger partial charge in [0.1, 0.15) is 5.75 Å². The van der Waals surface area contributed by atoms with Crippen molar-refractivity contribution in [3.63, 3.8) is 0 Å². The van der Waals surface area contributed by atoms with Crippen LogP contribution in [0.4, 0.5) is 18.9 Å². The summed E-state index contributed by atoms with van der Waals surface area (Å²) in [7, 11) is 0. The number of benzene rings is 1. The third kappa shape index (κ3) is 5.17. The summed E-state index contributed by atoms with van der Waals surface area (Å²) in [6, 6.07) is 2.89. The van der Waals surface area contributed by atoms with Crippen molar-refractivity contribution in [1.82, 2.24) is 0 Å². The lowest BCUT2D eigenvalue weighted by molar-refractivity contribution is -0.274. The number of esters is 1. The Labute approximate surface area is 118 Å². The summed E-state index contributed by atoms with van der Waals surface area (Å²) in [6.07, 6.45) is -3.97. The van der Waals surface area contributed by atoms with Crippen molar-refractivity contribution in [3.8, 4) is 5.75 Å². The number of amides is 1. The fourth-order valence-corrected chi connectivity index (χ4v) is 1.39. The Bertz CT molecular complexity index is 555. The lowest BCUT2D eigenvalue weighted by Gasteiger charge is -2.13. The van der Waals surface area contributed by atoms with Crippen LogP contribution < -0.4 is 10.1 Å². The van der Waals surface area contributed by atoms with Crippen LogP contribution in [0.2, 0.25) is 0 Å². The molecule has 0 aliphatic heterocycles. The Kier molecular flexibility index (Phi) is 5.34. The second-order valence-corrected chi connectivity index (χ2v) is 3.67. The van der Waals surface area contributed by atoms with Crippen molar-refractivity contribution in [1.29, 1.82) is 0 Å². The third-order valence-corrected chi connectivity index (χ3v) is 2.16. The Morgan fingerprint density at radius 2 is 2.05 bits per heavy atom. The highest BCUT2D eigenvalue weighted by atomic mass is 19.4. The first-order chi connectivity index (χ1) is 9.76. The number of alkyl halides is 3. The van der Waals surface area contributed by atoms with Gasteiger partial charge >= 0.3 is 12.3 Å². The molecule has 0 atom stereocenters. The van der Waals surface area contributed by atoms with E-state index in [9.17, 15) is 22.8 Å². The highest BCUT2D eigenvalue weighted by molar-refractivity contribution is 6.05. The maximum absolute atomic E-state index is 12.2. The normalized spacial score (nSPS) is 10.7. The molecule has 1 N–H and O–H groups in total. The van der Waals surface area contributed by atoms with E-state index >= 15 is 0 Å². The van der Waals surface area contributed by atoms with E-state index in [1.54, 1.807) is 6.92 Å². The van der Waals surface area contributed by atoms with Crippen molar-refractivity contribution in [2.75, 3.05) is 11.9 Å². The zero-order valence-corrected chi connectivity index (χ0v) is 11.0. The molecule has 0 unspecified atom stereocenters. The standard InChI is InChI=1S/C13H12F3NO4/c1-3-11(18)17-10-7-8(21-13(14,15)16)5-6-9(10)12(19)20-4-2/h3,5-7H,1,4H2,2H3,(H,17,18). The van der Waals surface area contributed by atoms with Crippen LogP contribution in [0.3, 0.4) is 0 Å². The van der Waals surface area contributed by atoms with Gasteiger partial charge in [-0.05, 0) is 25.1 Å². The summed E-state index contributed by atoms with van der Waals surface area (Å²) >= 11 is 0. The fraction of sp³-hybridized carbons (Fsp3) is 0.231. The minimum Gasteiger partial charge on any atom is -0.462 e. The average molecular weight is 303 g/mol. The number of anilines is 1. The first kappa shape index (κ1) is 16.5. The summed E-state index contributed by atoms with van der Waals surface area (Å²) in [4.78, 5) is 22.9. The molecule has 0 saturated carbocycles. The van der Waals surface area contributed by atoms with Gasteiger partial charge in [0, 0.05) is 6.07 Å². The summed E-state index contributed by atoms with van der Waals surface area (Å²) in [5.41, 5.74) is -0.262. The van der Waals surface area contributed by atoms with E-state index < -0.39 is 24.0 Å². The van der Waals surface area contributed by atoms with Gasteiger partial charge < -0.3 is 14.8 Å². The number of hydrogen-bond donors (Lipinski definition) is 1. The first-order valence-corrected chi connectivity index (χ1v) is 5.77. The molecule has 114 valence electrons. The molecule has 1 aromatic rings. The van der Waals surface area contributed by atoms with Crippen LogP contribution in [-0.2, 0) is 9.53 Å². The zero-order valence-electron chi connectivity index (χ0n) is 11.0. The molecule has 0 fully saturated rings. The molecule has 0 aliphatic rings. The van der Waals surface area contributed by atoms with Crippen LogP contribution in [0, 0.1) is 0 Å². The molecule has 0 heterocycles. The summed E-state index contributed by atoms with van der Waals surface area (Å²) in [6.45, 7) is 4.86. The highest BCUT2D eigenvalue weighted by Gasteiger charge is 2.31. The quantitative estimate of drug-likeness (QED) is 0.671. The minimum absolute atomic E-state index is 0.0779. The maximum atomic E-state index is 12.2. The Morgan fingerprint density at radius 1 is 1.38 bits per heavy atom. The lowest BCUT2D eigenvalue weighted by atomic mass is 10.1. The van der Waals surface area contributed by atoms with Gasteiger partial charge in [0.25, 0.3) is 0 Å². The van der Waals surface area contributed by atoms with Gasteiger partial charge in [-0.25, -0.2) is 4.79 Å². The molecule has 1 amide bonds. The molecule has 5 nitrogen and oxygen atoms in total. The molecule has 0 saturated heterocycles. The summed E-state index contributed by atoms with van der Waals surface area (Å²) < 4.78 is 45.0. The lowest BCUT2D eigenvalue weighted by Crippen LogP contribution is -2.18. The fourth-order valence-electron chi connectivity index (χ4n) is 1.39. The molecule has 1 rings (SSSR count). The van der Waals surface area contributed by atoms with Crippen molar-refractivity contribution in [3.05, 3.63) is 36.4 Å². The van der Waals surface area contributed by atoms with Crippen LogP contribution in [0.1, 0.15) is 17.3 Å². The van der Waals surface area contributed by atoms with Crippen LogP contribution in [-0.4, -0.2) is 24.8 Å². The number of rotatable bonds is 5. The smallest absolute Gasteiger partial charge is 0.462 e. The maximum Gasteiger partial charge on any atom is 0.573 e. The van der Waals surface area contributed by atoms with E-state index in [0.29, 0.717) is 0 Å². The van der Waals surface area contributed by atoms with Crippen molar-refractivity contribution in [2.45, 2.75) is 13.3 Å². The van der Waals surface area contributed by atoms with Crippen molar-refractivity contribution >= 4 is 17.6 Å². The monoisotopic (exact) mass is 303 g/mol. The van der Waals surface area contributed by atoms with E-state index in [1.165, 1.54) is 0 Å². The van der Waals surface area contributed by atoms with E-state index in [0.717, 1.165) is 24.3 Å². The third-order valence-electron chi connectivity index (χ3n) is 2.16. The molecule has 8 heteroatoms. The minimum atomic E-state index is -4.88. The van der Waals surface area contributed by atoms with E-state index in [2.05, 4.69) is 16.6 Å². The van der Waals surface area contributed by atoms with Gasteiger partial charge in [-0.15, -0.1) is 13.2 Å². The van der Waals surface area contributed by atoms with Gasteiger partial charge in [-0.1, -0.05) is 6.58 Å². The summed E-state index contributed by atoms with van der Waals surface area (Å²) in [5.74, 6) is -2.05. The number of ether oxygens (including phenoxy) is 2. The van der Waals surface area contributed by atoms with Gasteiger partial charge in [0.2, 0.25) is 5.91 Å². The molecule has 21 heavy (non-hydrogen) atoms. The van der Waals surface area contributed by atoms with Gasteiger partial charge in [0.15, 0.2) is 0 Å². The second kappa shape index (κ2) is 6.78. The zero-order chi connectivity index (χ0) is 16.0. The van der Waals surface area contributed by atoms with Gasteiger partial charge in [0.05, 0.1) is 17.9 Å². The second-order valence-electron chi connectivity index (χ2n) is 3.67. The number of hydrogen-bond acceptors (Lipinski definition) is 4. The molecule has 0 aliphatic carbocycles. The predicted molar refractivity (Wildman–Crippen MR) is 67.9 cm³/mol. The van der Waals surface area contributed by atoms with Gasteiger partial charge in [-0.2, -0.15) is 0 Å². The molecule has 0 spiro atoms. The van der Waals surface area contributed by atoms with Crippen molar-refractivity contribution < 1.29 is 32.2 Å². The number of nitrogens with one attached hydrogen (secondary N) is 1. The molecule has 1 aromatic carbocycles. The largest absolute Gasteiger partial charge is 0.573 e. The molecular formula is C13H12F3NO4. The molecule has 0 radical (unpaired) electrons. The Balaban J connectivity index is 3.16. The summed E-state index contributed by atoms with van der Waals surface area (Å²) in [5, 5.41) is 2.22. The first-order valence-electron chi connectivity index (χ1n) is 5.77. The van der Waals surface area contributed by atoms with E-state index in [-0.39, 0.29) is 17.9 Å². The van der Waals surface area contributed by atoms with Crippen LogP contribution in [0.15, 0.2) is 30.9 Å². The Morgan fingerprint density at radius 3 is 2.57 bits per heavy atom. The van der Waals surface area contributed by atoms with Crippen LogP contribution in [0.5, 0.6) is 5.75 Å². The van der Waals surface area contributed by atoms with E-state index in [4.69, 9.17) is 4.74 Å². The predicted octanol–water partition coefficient (Wildman–Crippen LogP) is 2.89. The van der Waals surface area contributed by atoms with Crippen LogP contribution >= 0.6 is 0 Å². The molecule has 0 aromatic heterocycles. The molecular weight excluding hydrogens is 291 g/mol. The van der Waals surface area contributed by atoms with Crippen LogP contribution in [0.25, 0.3) is 0 Å². The molecule has 0 bridgehead atoms. The topological polar surface area (TPSA) is 64.6 Å². The SMILES string of the molecule is C=CC(=O)Nc1cc(OC(F)(F)F)ccc1C(=O)OCC. The van der Waals surface area contributed by atoms with Crippen molar-refractivity contribution in [2.24, 2.45) is 0 Å². The number of carbonyl (C=O) groups is 2.